The average Bonchev–Trinajstić information content (AvgIpc) is 2.97. The molecule has 4 rings (SSSR count). The Balaban J connectivity index is 1.66. The molecule has 1 atom stereocenters. The number of hydrogen-bond acceptors (Lipinski definition) is 5. The fraction of sp³-hybridized carbons (Fsp3) is 0.300. The molecular formula is C20H19N3O4. The fourth-order valence-electron chi connectivity index (χ4n) is 3.64. The molecule has 0 radical (unpaired) electrons. The zero-order chi connectivity index (χ0) is 19.1. The molecule has 7 heteroatoms. The fourth-order valence-corrected chi connectivity index (χ4v) is 3.64. The molecular weight excluding hydrogens is 346 g/mol. The number of rotatable bonds is 3. The lowest BCUT2D eigenvalue weighted by Crippen LogP contribution is -2.52. The molecule has 1 N–H and O–H groups in total. The van der Waals surface area contributed by atoms with Crippen molar-refractivity contribution in [1.82, 2.24) is 15.2 Å². The Hall–Kier alpha value is -3.22. The summed E-state index contributed by atoms with van der Waals surface area (Å²) in [6.07, 6.45) is 0.594. The molecule has 3 amide bonds. The minimum absolute atomic E-state index is 0.185. The molecule has 1 aromatic heterocycles. The van der Waals surface area contributed by atoms with Gasteiger partial charge in [0.2, 0.25) is 11.8 Å². The molecule has 1 aromatic carbocycles. The predicted molar refractivity (Wildman–Crippen MR) is 97.0 cm³/mol. The number of pyridine rings is 1. The average molecular weight is 365 g/mol. The van der Waals surface area contributed by atoms with Gasteiger partial charge in [0.25, 0.3) is 5.91 Å². The van der Waals surface area contributed by atoms with Crippen molar-refractivity contribution in [3.05, 3.63) is 47.2 Å². The van der Waals surface area contributed by atoms with Crippen LogP contribution in [0.15, 0.2) is 30.3 Å². The molecule has 7 nitrogen and oxygen atoms in total. The minimum atomic E-state index is -0.613. The molecule has 2 aliphatic rings. The summed E-state index contributed by atoms with van der Waals surface area (Å²) in [5.41, 5.74) is 3.86. The van der Waals surface area contributed by atoms with Crippen molar-refractivity contribution >= 4 is 17.7 Å². The number of benzene rings is 1. The smallest absolute Gasteiger partial charge is 0.255 e. The second-order valence-electron chi connectivity index (χ2n) is 6.78. The van der Waals surface area contributed by atoms with Crippen LogP contribution in [0.5, 0.6) is 5.75 Å². The van der Waals surface area contributed by atoms with Gasteiger partial charge < -0.3 is 9.64 Å². The van der Waals surface area contributed by atoms with Crippen LogP contribution in [-0.4, -0.2) is 40.8 Å². The number of piperidine rings is 1. The maximum absolute atomic E-state index is 12.8. The quantitative estimate of drug-likeness (QED) is 0.839. The van der Waals surface area contributed by atoms with Crippen molar-refractivity contribution in [2.24, 2.45) is 0 Å². The van der Waals surface area contributed by atoms with Gasteiger partial charge in [-0.05, 0) is 43.2 Å². The molecule has 0 bridgehead atoms. The van der Waals surface area contributed by atoms with Crippen LogP contribution in [0, 0.1) is 6.92 Å². The highest BCUT2D eigenvalue weighted by molar-refractivity contribution is 6.05. The highest BCUT2D eigenvalue weighted by Gasteiger charge is 2.39. The Bertz CT molecular complexity index is 970. The Labute approximate surface area is 156 Å². The van der Waals surface area contributed by atoms with E-state index in [0.717, 1.165) is 16.8 Å². The van der Waals surface area contributed by atoms with Crippen molar-refractivity contribution < 1.29 is 19.1 Å². The van der Waals surface area contributed by atoms with E-state index in [1.54, 1.807) is 13.2 Å². The second-order valence-corrected chi connectivity index (χ2v) is 6.78. The molecule has 1 saturated heterocycles. The normalized spacial score (nSPS) is 19.1. The van der Waals surface area contributed by atoms with E-state index in [-0.39, 0.29) is 18.2 Å². The number of fused-ring (bicyclic) bond motifs is 1. The summed E-state index contributed by atoms with van der Waals surface area (Å²) in [6, 6.07) is 8.66. The molecule has 1 unspecified atom stereocenters. The standard InChI is InChI=1S/C20H19N3O4/c1-11-3-7-16(27-2)18(21-11)12-4-5-14-13(9-12)10-23(20(14)26)15-6-8-17(24)22-19(15)25/h3-5,7,9,15H,6,8,10H2,1-2H3,(H,22,24,25). The van der Waals surface area contributed by atoms with Gasteiger partial charge >= 0.3 is 0 Å². The molecule has 2 aromatic rings. The number of carbonyl (C=O) groups excluding carboxylic acids is 3. The maximum Gasteiger partial charge on any atom is 0.255 e. The molecule has 3 heterocycles. The van der Waals surface area contributed by atoms with Crippen LogP contribution in [0.2, 0.25) is 0 Å². The summed E-state index contributed by atoms with van der Waals surface area (Å²) in [7, 11) is 1.59. The molecule has 2 aliphatic heterocycles. The molecule has 27 heavy (non-hydrogen) atoms. The Morgan fingerprint density at radius 1 is 1.19 bits per heavy atom. The summed E-state index contributed by atoms with van der Waals surface area (Å²) in [4.78, 5) is 42.4. The van der Waals surface area contributed by atoms with Gasteiger partial charge in [0.05, 0.1) is 7.11 Å². The van der Waals surface area contributed by atoms with Gasteiger partial charge in [-0.3, -0.25) is 19.7 Å². The van der Waals surface area contributed by atoms with E-state index in [4.69, 9.17) is 4.74 Å². The molecule has 1 fully saturated rings. The highest BCUT2D eigenvalue weighted by atomic mass is 16.5. The third-order valence-corrected chi connectivity index (χ3v) is 5.01. The van der Waals surface area contributed by atoms with Crippen molar-refractivity contribution in [1.29, 1.82) is 0 Å². The maximum atomic E-state index is 12.8. The topological polar surface area (TPSA) is 88.6 Å². The number of aromatic nitrogens is 1. The van der Waals surface area contributed by atoms with Crippen molar-refractivity contribution in [3.63, 3.8) is 0 Å². The summed E-state index contributed by atoms with van der Waals surface area (Å²) in [5.74, 6) is -0.225. The van der Waals surface area contributed by atoms with Gasteiger partial charge in [-0.25, -0.2) is 4.98 Å². The number of amides is 3. The SMILES string of the molecule is COc1ccc(C)nc1-c1ccc2c(c1)CN(C1CCC(=O)NC1=O)C2=O. The number of methoxy groups -OCH3 is 1. The third-order valence-electron chi connectivity index (χ3n) is 5.01. The summed E-state index contributed by atoms with van der Waals surface area (Å²) in [5, 5.41) is 2.31. The Morgan fingerprint density at radius 3 is 2.74 bits per heavy atom. The lowest BCUT2D eigenvalue weighted by atomic mass is 10.0. The first-order valence-corrected chi connectivity index (χ1v) is 8.77. The van der Waals surface area contributed by atoms with Gasteiger partial charge in [-0.15, -0.1) is 0 Å². The third kappa shape index (κ3) is 2.95. The molecule has 0 aliphatic carbocycles. The van der Waals surface area contributed by atoms with Crippen LogP contribution in [0.1, 0.15) is 34.5 Å². The molecule has 0 saturated carbocycles. The zero-order valence-electron chi connectivity index (χ0n) is 15.1. The number of aryl methyl sites for hydroxylation is 1. The van der Waals surface area contributed by atoms with Gasteiger partial charge in [0, 0.05) is 29.8 Å². The van der Waals surface area contributed by atoms with E-state index in [9.17, 15) is 14.4 Å². The van der Waals surface area contributed by atoms with Crippen molar-refractivity contribution in [3.8, 4) is 17.0 Å². The monoisotopic (exact) mass is 365 g/mol. The van der Waals surface area contributed by atoms with Crippen molar-refractivity contribution in [2.45, 2.75) is 32.4 Å². The number of carbonyl (C=O) groups is 3. The Kier molecular flexibility index (Phi) is 4.14. The summed E-state index contributed by atoms with van der Waals surface area (Å²) < 4.78 is 5.41. The first-order chi connectivity index (χ1) is 13.0. The van der Waals surface area contributed by atoms with Crippen LogP contribution >= 0.6 is 0 Å². The van der Waals surface area contributed by atoms with E-state index in [2.05, 4.69) is 10.3 Å². The summed E-state index contributed by atoms with van der Waals surface area (Å²) >= 11 is 0. The van der Waals surface area contributed by atoms with Gasteiger partial charge in [0.1, 0.15) is 17.5 Å². The highest BCUT2D eigenvalue weighted by Crippen LogP contribution is 2.33. The van der Waals surface area contributed by atoms with Gasteiger partial charge in [-0.1, -0.05) is 6.07 Å². The van der Waals surface area contributed by atoms with Crippen LogP contribution in [0.4, 0.5) is 0 Å². The van der Waals surface area contributed by atoms with Crippen LogP contribution in [0.25, 0.3) is 11.3 Å². The summed E-state index contributed by atoms with van der Waals surface area (Å²) in [6.45, 7) is 2.24. The first-order valence-electron chi connectivity index (χ1n) is 8.77. The van der Waals surface area contributed by atoms with E-state index >= 15 is 0 Å². The first kappa shape index (κ1) is 17.2. The predicted octanol–water partition coefficient (Wildman–Crippen LogP) is 1.83. The van der Waals surface area contributed by atoms with Crippen LogP contribution in [-0.2, 0) is 16.1 Å². The van der Waals surface area contributed by atoms with Crippen molar-refractivity contribution in [2.75, 3.05) is 7.11 Å². The number of imide groups is 1. The molecule has 0 spiro atoms. The number of ether oxygens (including phenoxy) is 1. The second kappa shape index (κ2) is 6.50. The number of nitrogens with zero attached hydrogens (tertiary/aromatic N) is 2. The van der Waals surface area contributed by atoms with E-state index in [1.807, 2.05) is 31.2 Å². The minimum Gasteiger partial charge on any atom is -0.494 e. The van der Waals surface area contributed by atoms with Gasteiger partial charge in [0.15, 0.2) is 0 Å². The number of nitrogens with one attached hydrogen (secondary N) is 1. The van der Waals surface area contributed by atoms with E-state index in [1.165, 1.54) is 4.90 Å². The van der Waals surface area contributed by atoms with E-state index < -0.39 is 11.9 Å². The zero-order valence-corrected chi connectivity index (χ0v) is 15.1. The van der Waals surface area contributed by atoms with Crippen LogP contribution in [0.3, 0.4) is 0 Å². The largest absolute Gasteiger partial charge is 0.494 e. The van der Waals surface area contributed by atoms with E-state index in [0.29, 0.717) is 30.0 Å². The van der Waals surface area contributed by atoms with Gasteiger partial charge in [-0.2, -0.15) is 0 Å². The van der Waals surface area contributed by atoms with Crippen LogP contribution < -0.4 is 10.1 Å². The molecule has 138 valence electrons. The lowest BCUT2D eigenvalue weighted by Gasteiger charge is -2.29. The number of hydrogen-bond donors (Lipinski definition) is 1. The Morgan fingerprint density at radius 2 is 2.00 bits per heavy atom. The lowest BCUT2D eigenvalue weighted by molar-refractivity contribution is -0.136.